The molecular formula is C26H29ClN4O3. The molecule has 2 N–H and O–H groups in total. The van der Waals surface area contributed by atoms with E-state index in [2.05, 4.69) is 0 Å². The fourth-order valence-corrected chi connectivity index (χ4v) is 4.54. The third-order valence-electron chi connectivity index (χ3n) is 6.14. The normalized spacial score (nSPS) is 16.1. The third-order valence-corrected chi connectivity index (χ3v) is 6.62. The van der Waals surface area contributed by atoms with Crippen LogP contribution in [0.25, 0.3) is 22.2 Å². The van der Waals surface area contributed by atoms with Crippen LogP contribution in [0.3, 0.4) is 0 Å². The molecule has 178 valence electrons. The van der Waals surface area contributed by atoms with Gasteiger partial charge in [-0.15, -0.1) is 0 Å². The number of anilines is 1. The Bertz CT molecular complexity index is 1250. The number of aromatic nitrogens is 1. The maximum Gasteiger partial charge on any atom is 0.410 e. The Morgan fingerprint density at radius 2 is 2.00 bits per heavy atom. The van der Waals surface area contributed by atoms with Gasteiger partial charge >= 0.3 is 6.09 Å². The number of nitrogens with zero attached hydrogens (tertiary/aromatic N) is 3. The zero-order chi connectivity index (χ0) is 24.4. The lowest BCUT2D eigenvalue weighted by Crippen LogP contribution is -2.55. The first-order chi connectivity index (χ1) is 16.3. The summed E-state index contributed by atoms with van der Waals surface area (Å²) in [5, 5.41) is 1.40. The quantitative estimate of drug-likeness (QED) is 0.522. The van der Waals surface area contributed by atoms with Crippen molar-refractivity contribution in [1.29, 1.82) is 0 Å². The van der Waals surface area contributed by atoms with Gasteiger partial charge in [-0.1, -0.05) is 36.7 Å². The molecule has 0 spiro atoms. The molecule has 1 aliphatic heterocycles. The highest BCUT2D eigenvalue weighted by molar-refractivity contribution is 6.36. The number of hydrogen-bond donors (Lipinski definition) is 1. The molecule has 1 saturated heterocycles. The average molecular weight is 481 g/mol. The number of hydrogen-bond acceptors (Lipinski definition) is 5. The minimum Gasteiger partial charge on any atom is -0.449 e. The summed E-state index contributed by atoms with van der Waals surface area (Å²) in [6.07, 6.45) is 0.452. The van der Waals surface area contributed by atoms with Gasteiger partial charge < -0.3 is 20.3 Å². The van der Waals surface area contributed by atoms with Crippen molar-refractivity contribution in [1.82, 2.24) is 14.8 Å². The molecule has 0 aliphatic carbocycles. The van der Waals surface area contributed by atoms with Gasteiger partial charge in [0.05, 0.1) is 22.8 Å². The molecule has 7 nitrogen and oxygen atoms in total. The summed E-state index contributed by atoms with van der Waals surface area (Å²) in [5.41, 5.74) is 10.3. The Morgan fingerprint density at radius 1 is 1.21 bits per heavy atom. The number of rotatable bonds is 4. The number of halogens is 1. The molecule has 3 aromatic rings. The van der Waals surface area contributed by atoms with E-state index in [1.165, 1.54) is 0 Å². The second-order valence-electron chi connectivity index (χ2n) is 8.66. The second kappa shape index (κ2) is 9.89. The number of amides is 2. The summed E-state index contributed by atoms with van der Waals surface area (Å²) in [6.45, 7) is 7.53. The van der Waals surface area contributed by atoms with Crippen molar-refractivity contribution in [3.05, 3.63) is 58.6 Å². The second-order valence-corrected chi connectivity index (χ2v) is 9.04. The number of carbonyl (C=O) groups is 2. The molecule has 1 aromatic heterocycles. The molecular weight excluding hydrogens is 452 g/mol. The molecule has 34 heavy (non-hydrogen) atoms. The van der Waals surface area contributed by atoms with Gasteiger partial charge in [0.15, 0.2) is 0 Å². The van der Waals surface area contributed by atoms with Gasteiger partial charge in [0.1, 0.15) is 0 Å². The molecule has 8 heteroatoms. The highest BCUT2D eigenvalue weighted by atomic mass is 35.5. The minimum atomic E-state index is -0.324. The summed E-state index contributed by atoms with van der Waals surface area (Å²) in [4.78, 5) is 33.8. The first-order valence-corrected chi connectivity index (χ1v) is 11.9. The van der Waals surface area contributed by atoms with E-state index < -0.39 is 0 Å². The summed E-state index contributed by atoms with van der Waals surface area (Å²) < 4.78 is 5.26. The van der Waals surface area contributed by atoms with E-state index in [9.17, 15) is 9.59 Å². The van der Waals surface area contributed by atoms with Gasteiger partial charge in [0.2, 0.25) is 0 Å². The van der Waals surface area contributed by atoms with Crippen molar-refractivity contribution in [2.45, 2.75) is 33.2 Å². The molecule has 4 rings (SSSR count). The van der Waals surface area contributed by atoms with E-state index in [1.807, 2.05) is 51.1 Å². The number of piperazine rings is 1. The van der Waals surface area contributed by atoms with E-state index in [0.717, 1.165) is 28.6 Å². The van der Waals surface area contributed by atoms with Crippen molar-refractivity contribution in [3.8, 4) is 11.3 Å². The van der Waals surface area contributed by atoms with E-state index in [4.69, 9.17) is 27.1 Å². The lowest BCUT2D eigenvalue weighted by Gasteiger charge is -2.39. The molecule has 0 saturated carbocycles. The molecule has 1 aliphatic rings. The molecule has 0 unspecified atom stereocenters. The zero-order valence-electron chi connectivity index (χ0n) is 19.7. The van der Waals surface area contributed by atoms with Crippen LogP contribution in [0.4, 0.5) is 10.5 Å². The predicted octanol–water partition coefficient (Wildman–Crippen LogP) is 5.14. The van der Waals surface area contributed by atoms with Gasteiger partial charge in [0.25, 0.3) is 5.91 Å². The number of carbonyl (C=O) groups excluding carboxylic acids is 2. The van der Waals surface area contributed by atoms with E-state index in [0.29, 0.717) is 48.0 Å². The smallest absolute Gasteiger partial charge is 0.410 e. The Kier molecular flexibility index (Phi) is 6.93. The standard InChI is InChI=1S/C26H29ClN4O3/c1-4-12-34-26(33)31-11-10-30(15-16(31)2)25(32)19-8-9-21-22(14-19)29-24(17(3)23(21)27)18-6-5-7-20(28)13-18/h5-9,13-14,16H,4,10-12,15,28H2,1-3H3/t16-/m1/s1. The predicted molar refractivity (Wildman–Crippen MR) is 135 cm³/mol. The lowest BCUT2D eigenvalue weighted by molar-refractivity contribution is 0.0412. The van der Waals surface area contributed by atoms with Gasteiger partial charge in [-0.25, -0.2) is 9.78 Å². The van der Waals surface area contributed by atoms with Gasteiger partial charge in [-0.05, 0) is 50.1 Å². The highest BCUT2D eigenvalue weighted by Crippen LogP contribution is 2.34. The van der Waals surface area contributed by atoms with Crippen molar-refractivity contribution in [2.24, 2.45) is 0 Å². The number of nitrogen functional groups attached to an aromatic ring is 1. The molecule has 2 aromatic carbocycles. The molecule has 2 heterocycles. The fourth-order valence-electron chi connectivity index (χ4n) is 4.29. The number of fused-ring (bicyclic) bond motifs is 1. The van der Waals surface area contributed by atoms with Gasteiger partial charge in [-0.2, -0.15) is 0 Å². The molecule has 0 radical (unpaired) electrons. The van der Waals surface area contributed by atoms with Crippen LogP contribution >= 0.6 is 11.6 Å². The van der Waals surface area contributed by atoms with Crippen LogP contribution < -0.4 is 5.73 Å². The molecule has 2 amide bonds. The number of pyridine rings is 1. The minimum absolute atomic E-state index is 0.0978. The van der Waals surface area contributed by atoms with Crippen molar-refractivity contribution >= 4 is 40.2 Å². The molecule has 0 bridgehead atoms. The van der Waals surface area contributed by atoms with E-state index in [1.54, 1.807) is 21.9 Å². The highest BCUT2D eigenvalue weighted by Gasteiger charge is 2.31. The SMILES string of the molecule is CCCOC(=O)N1CCN(C(=O)c2ccc3c(Cl)c(C)c(-c4cccc(N)c4)nc3c2)C[C@H]1C. The van der Waals surface area contributed by atoms with Crippen LogP contribution in [0, 0.1) is 6.92 Å². The maximum atomic E-state index is 13.3. The topological polar surface area (TPSA) is 88.8 Å². The van der Waals surface area contributed by atoms with Crippen LogP contribution in [0.15, 0.2) is 42.5 Å². The summed E-state index contributed by atoms with van der Waals surface area (Å²) in [7, 11) is 0. The number of nitrogens with two attached hydrogens (primary N) is 1. The molecule has 1 fully saturated rings. The summed E-state index contributed by atoms with van der Waals surface area (Å²) in [6, 6.07) is 12.8. The van der Waals surface area contributed by atoms with Crippen LogP contribution in [0.2, 0.25) is 5.02 Å². The van der Waals surface area contributed by atoms with Gasteiger partial charge in [-0.3, -0.25) is 4.79 Å². The van der Waals surface area contributed by atoms with Crippen molar-refractivity contribution in [3.63, 3.8) is 0 Å². The fraction of sp³-hybridized carbons (Fsp3) is 0.346. The number of ether oxygens (including phenoxy) is 1. The van der Waals surface area contributed by atoms with E-state index in [-0.39, 0.29) is 18.0 Å². The zero-order valence-corrected chi connectivity index (χ0v) is 20.4. The average Bonchev–Trinajstić information content (AvgIpc) is 2.83. The van der Waals surface area contributed by atoms with Crippen LogP contribution in [-0.4, -0.2) is 59.1 Å². The number of benzene rings is 2. The maximum absolute atomic E-state index is 13.3. The largest absolute Gasteiger partial charge is 0.449 e. The monoisotopic (exact) mass is 480 g/mol. The van der Waals surface area contributed by atoms with Crippen molar-refractivity contribution in [2.75, 3.05) is 32.0 Å². The Balaban J connectivity index is 1.59. The Morgan fingerprint density at radius 3 is 2.71 bits per heavy atom. The Labute approximate surface area is 204 Å². The molecule has 1 atom stereocenters. The van der Waals surface area contributed by atoms with Crippen molar-refractivity contribution < 1.29 is 14.3 Å². The first-order valence-electron chi connectivity index (χ1n) is 11.5. The Hall–Kier alpha value is -3.32. The first kappa shape index (κ1) is 23.8. The van der Waals surface area contributed by atoms with E-state index >= 15 is 0 Å². The summed E-state index contributed by atoms with van der Waals surface area (Å²) in [5.74, 6) is -0.0978. The van der Waals surface area contributed by atoms with Gasteiger partial charge in [0, 0.05) is 47.9 Å². The summed E-state index contributed by atoms with van der Waals surface area (Å²) >= 11 is 6.69. The lowest BCUT2D eigenvalue weighted by atomic mass is 10.0. The third kappa shape index (κ3) is 4.66. The van der Waals surface area contributed by atoms with Crippen LogP contribution in [0.1, 0.15) is 36.2 Å². The van der Waals surface area contributed by atoms with Crippen LogP contribution in [0.5, 0.6) is 0 Å². The van der Waals surface area contributed by atoms with Crippen LogP contribution in [-0.2, 0) is 4.74 Å².